The Kier molecular flexibility index (Phi) is 4.15. The summed E-state index contributed by atoms with van der Waals surface area (Å²) in [5.41, 5.74) is 1.03. The van der Waals surface area contributed by atoms with Gasteiger partial charge >= 0.3 is 0 Å². The summed E-state index contributed by atoms with van der Waals surface area (Å²) in [4.78, 5) is 8.32. The molecule has 0 aliphatic carbocycles. The van der Waals surface area contributed by atoms with Crippen LogP contribution in [-0.4, -0.2) is 17.1 Å². The molecule has 94 valence electrons. The van der Waals surface area contributed by atoms with Crippen molar-refractivity contribution in [1.29, 1.82) is 0 Å². The number of ether oxygens (including phenoxy) is 2. The molecule has 2 aromatic rings. The highest BCUT2D eigenvalue weighted by Gasteiger charge is 2.02. The number of hydrogen-bond donors (Lipinski definition) is 0. The number of aryl methyl sites for hydroxylation is 1. The highest BCUT2D eigenvalue weighted by Crippen LogP contribution is 2.17. The fourth-order valence-electron chi connectivity index (χ4n) is 1.50. The topological polar surface area (TPSA) is 44.2 Å². The number of hydrogen-bond acceptors (Lipinski definition) is 4. The van der Waals surface area contributed by atoms with E-state index in [4.69, 9.17) is 9.47 Å². The van der Waals surface area contributed by atoms with Crippen LogP contribution in [0, 0.1) is 6.92 Å². The van der Waals surface area contributed by atoms with E-state index in [0.717, 1.165) is 15.9 Å². The first-order valence-corrected chi connectivity index (χ1v) is 6.23. The molecule has 0 aliphatic heterocycles. The van der Waals surface area contributed by atoms with E-state index < -0.39 is 0 Å². The average molecular weight is 309 g/mol. The molecule has 1 aromatic heterocycles. The quantitative estimate of drug-likeness (QED) is 0.814. The van der Waals surface area contributed by atoms with Gasteiger partial charge in [-0.15, -0.1) is 0 Å². The Bertz CT molecular complexity index is 526. The van der Waals surface area contributed by atoms with Gasteiger partial charge in [-0.3, -0.25) is 0 Å². The molecule has 5 heteroatoms. The number of benzene rings is 1. The SMILES string of the molecule is COc1cccc(COc2cc(Br)nc(C)n2)c1. The molecule has 0 atom stereocenters. The first-order chi connectivity index (χ1) is 8.67. The minimum Gasteiger partial charge on any atom is -0.497 e. The average Bonchev–Trinajstić information content (AvgIpc) is 2.35. The Morgan fingerprint density at radius 2 is 2.06 bits per heavy atom. The third-order valence-corrected chi connectivity index (χ3v) is 2.71. The second-order valence-corrected chi connectivity index (χ2v) is 4.53. The molecule has 4 nitrogen and oxygen atoms in total. The lowest BCUT2D eigenvalue weighted by Gasteiger charge is -2.07. The zero-order chi connectivity index (χ0) is 13.0. The summed E-state index contributed by atoms with van der Waals surface area (Å²) in [5, 5.41) is 0. The molecule has 0 unspecified atom stereocenters. The summed E-state index contributed by atoms with van der Waals surface area (Å²) in [5.74, 6) is 2.04. The maximum atomic E-state index is 5.62. The van der Waals surface area contributed by atoms with Gasteiger partial charge in [-0.25, -0.2) is 4.98 Å². The molecular formula is C13H13BrN2O2. The summed E-state index contributed by atoms with van der Waals surface area (Å²) >= 11 is 3.31. The van der Waals surface area contributed by atoms with E-state index in [0.29, 0.717) is 18.3 Å². The van der Waals surface area contributed by atoms with E-state index in [9.17, 15) is 0 Å². The smallest absolute Gasteiger partial charge is 0.218 e. The molecule has 0 saturated carbocycles. The van der Waals surface area contributed by atoms with Crippen molar-refractivity contribution in [2.24, 2.45) is 0 Å². The highest BCUT2D eigenvalue weighted by atomic mass is 79.9. The maximum absolute atomic E-state index is 5.62. The van der Waals surface area contributed by atoms with E-state index in [1.165, 1.54) is 0 Å². The number of halogens is 1. The van der Waals surface area contributed by atoms with Crippen LogP contribution in [0.3, 0.4) is 0 Å². The van der Waals surface area contributed by atoms with Crippen LogP contribution in [0.15, 0.2) is 34.9 Å². The van der Waals surface area contributed by atoms with Crippen molar-refractivity contribution in [2.75, 3.05) is 7.11 Å². The molecule has 1 aromatic carbocycles. The molecular weight excluding hydrogens is 296 g/mol. The lowest BCUT2D eigenvalue weighted by Crippen LogP contribution is -1.99. The van der Waals surface area contributed by atoms with Gasteiger partial charge in [0.25, 0.3) is 0 Å². The van der Waals surface area contributed by atoms with E-state index in [1.54, 1.807) is 13.2 Å². The zero-order valence-electron chi connectivity index (χ0n) is 10.2. The van der Waals surface area contributed by atoms with E-state index in [1.807, 2.05) is 31.2 Å². The summed E-state index contributed by atoms with van der Waals surface area (Å²) in [6, 6.07) is 9.48. The Balaban J connectivity index is 2.06. The maximum Gasteiger partial charge on any atom is 0.218 e. The van der Waals surface area contributed by atoms with Crippen LogP contribution >= 0.6 is 15.9 Å². The van der Waals surface area contributed by atoms with Crippen molar-refractivity contribution in [2.45, 2.75) is 13.5 Å². The minimum atomic E-state index is 0.445. The predicted octanol–water partition coefficient (Wildman–Crippen LogP) is 3.14. The van der Waals surface area contributed by atoms with Crippen molar-refractivity contribution in [3.05, 3.63) is 46.3 Å². The molecule has 0 saturated heterocycles. The predicted molar refractivity (Wildman–Crippen MR) is 71.8 cm³/mol. The van der Waals surface area contributed by atoms with Crippen LogP contribution in [0.4, 0.5) is 0 Å². The third kappa shape index (κ3) is 3.43. The van der Waals surface area contributed by atoms with E-state index in [2.05, 4.69) is 25.9 Å². The zero-order valence-corrected chi connectivity index (χ0v) is 11.8. The summed E-state index contributed by atoms with van der Waals surface area (Å²) < 4.78 is 11.5. The van der Waals surface area contributed by atoms with Crippen molar-refractivity contribution >= 4 is 15.9 Å². The Morgan fingerprint density at radius 3 is 2.78 bits per heavy atom. The minimum absolute atomic E-state index is 0.445. The van der Waals surface area contributed by atoms with Crippen molar-refractivity contribution in [3.8, 4) is 11.6 Å². The van der Waals surface area contributed by atoms with Crippen LogP contribution in [0.5, 0.6) is 11.6 Å². The van der Waals surface area contributed by atoms with E-state index >= 15 is 0 Å². The second kappa shape index (κ2) is 5.82. The highest BCUT2D eigenvalue weighted by molar-refractivity contribution is 9.10. The molecule has 18 heavy (non-hydrogen) atoms. The number of nitrogens with zero attached hydrogens (tertiary/aromatic N) is 2. The standard InChI is InChI=1S/C13H13BrN2O2/c1-9-15-12(14)7-13(16-9)18-8-10-4-3-5-11(6-10)17-2/h3-7H,8H2,1-2H3. The van der Waals surface area contributed by atoms with Gasteiger partial charge in [0, 0.05) is 6.07 Å². The summed E-state index contributed by atoms with van der Waals surface area (Å²) in [6.07, 6.45) is 0. The lowest BCUT2D eigenvalue weighted by atomic mass is 10.2. The van der Waals surface area contributed by atoms with Crippen molar-refractivity contribution in [3.63, 3.8) is 0 Å². The molecule has 2 rings (SSSR count). The van der Waals surface area contributed by atoms with Gasteiger partial charge in [0.1, 0.15) is 22.8 Å². The number of methoxy groups -OCH3 is 1. The summed E-state index contributed by atoms with van der Waals surface area (Å²) in [6.45, 7) is 2.27. The number of rotatable bonds is 4. The largest absolute Gasteiger partial charge is 0.497 e. The Labute approximate surface area is 114 Å². The lowest BCUT2D eigenvalue weighted by molar-refractivity contribution is 0.291. The van der Waals surface area contributed by atoms with E-state index in [-0.39, 0.29) is 0 Å². The number of aromatic nitrogens is 2. The normalized spacial score (nSPS) is 10.2. The van der Waals surface area contributed by atoms with Gasteiger partial charge in [-0.05, 0) is 40.5 Å². The first kappa shape index (κ1) is 12.8. The first-order valence-electron chi connectivity index (χ1n) is 5.44. The molecule has 1 heterocycles. The van der Waals surface area contributed by atoms with Crippen molar-refractivity contribution in [1.82, 2.24) is 9.97 Å². The van der Waals surface area contributed by atoms with Crippen LogP contribution < -0.4 is 9.47 Å². The molecule has 0 aliphatic rings. The second-order valence-electron chi connectivity index (χ2n) is 3.72. The van der Waals surface area contributed by atoms with Gasteiger partial charge in [0.2, 0.25) is 5.88 Å². The van der Waals surface area contributed by atoms with Crippen LogP contribution in [-0.2, 0) is 6.61 Å². The van der Waals surface area contributed by atoms with Gasteiger partial charge in [-0.2, -0.15) is 4.98 Å². The fraction of sp³-hybridized carbons (Fsp3) is 0.231. The molecule has 0 N–H and O–H groups in total. The third-order valence-electron chi connectivity index (χ3n) is 2.30. The molecule has 0 amide bonds. The molecule has 0 fully saturated rings. The Hall–Kier alpha value is -1.62. The molecule has 0 spiro atoms. The van der Waals surface area contributed by atoms with Crippen LogP contribution in [0.2, 0.25) is 0 Å². The van der Waals surface area contributed by atoms with Crippen molar-refractivity contribution < 1.29 is 9.47 Å². The van der Waals surface area contributed by atoms with Crippen LogP contribution in [0.1, 0.15) is 11.4 Å². The fourth-order valence-corrected chi connectivity index (χ4v) is 1.95. The van der Waals surface area contributed by atoms with Crippen LogP contribution in [0.25, 0.3) is 0 Å². The van der Waals surface area contributed by atoms with Gasteiger partial charge in [0.15, 0.2) is 0 Å². The molecule has 0 bridgehead atoms. The Morgan fingerprint density at radius 1 is 1.22 bits per heavy atom. The summed E-state index contributed by atoms with van der Waals surface area (Å²) in [7, 11) is 1.64. The van der Waals surface area contributed by atoms with Gasteiger partial charge in [0.05, 0.1) is 7.11 Å². The monoisotopic (exact) mass is 308 g/mol. The van der Waals surface area contributed by atoms with Gasteiger partial charge in [-0.1, -0.05) is 12.1 Å². The molecule has 0 radical (unpaired) electrons. The van der Waals surface area contributed by atoms with Gasteiger partial charge < -0.3 is 9.47 Å².